The van der Waals surface area contributed by atoms with Crippen LogP contribution in [0.2, 0.25) is 5.15 Å². The molecule has 92 valence electrons. The highest BCUT2D eigenvalue weighted by Crippen LogP contribution is 2.19. The van der Waals surface area contributed by atoms with Gasteiger partial charge >= 0.3 is 0 Å². The van der Waals surface area contributed by atoms with Crippen molar-refractivity contribution in [3.8, 4) is 5.75 Å². The van der Waals surface area contributed by atoms with Gasteiger partial charge in [0.1, 0.15) is 17.5 Å². The lowest BCUT2D eigenvalue weighted by atomic mass is 10.2. The van der Waals surface area contributed by atoms with Gasteiger partial charge in [0, 0.05) is 6.20 Å². The van der Waals surface area contributed by atoms with Gasteiger partial charge in [-0.2, -0.15) is 0 Å². The van der Waals surface area contributed by atoms with Crippen LogP contribution < -0.4 is 10.5 Å². The Morgan fingerprint density at radius 1 is 1.33 bits per heavy atom. The first-order valence-electron chi connectivity index (χ1n) is 5.29. The SMILES string of the molecule is NC(=O)c1ccccc1OCc1ccnc(Cl)c1. The van der Waals surface area contributed by atoms with Crippen molar-refractivity contribution in [2.75, 3.05) is 0 Å². The standard InChI is InChI=1S/C13H11ClN2O2/c14-12-7-9(5-6-16-12)8-18-11-4-2-1-3-10(11)13(15)17/h1-7H,8H2,(H2,15,17). The second kappa shape index (κ2) is 5.51. The molecule has 0 aliphatic rings. The van der Waals surface area contributed by atoms with Gasteiger partial charge in [0.2, 0.25) is 0 Å². The van der Waals surface area contributed by atoms with Crippen LogP contribution in [0.15, 0.2) is 42.6 Å². The van der Waals surface area contributed by atoms with Crippen LogP contribution in [0.4, 0.5) is 0 Å². The molecule has 0 atom stereocenters. The zero-order valence-electron chi connectivity index (χ0n) is 9.47. The summed E-state index contributed by atoms with van der Waals surface area (Å²) in [6, 6.07) is 10.3. The number of aromatic nitrogens is 1. The van der Waals surface area contributed by atoms with Gasteiger partial charge in [-0.3, -0.25) is 4.79 Å². The van der Waals surface area contributed by atoms with Crippen LogP contribution in [0.5, 0.6) is 5.75 Å². The number of amides is 1. The smallest absolute Gasteiger partial charge is 0.252 e. The summed E-state index contributed by atoms with van der Waals surface area (Å²) >= 11 is 5.77. The summed E-state index contributed by atoms with van der Waals surface area (Å²) < 4.78 is 5.55. The predicted molar refractivity (Wildman–Crippen MR) is 68.5 cm³/mol. The summed E-state index contributed by atoms with van der Waals surface area (Å²) in [5, 5.41) is 0.402. The fourth-order valence-corrected chi connectivity index (χ4v) is 1.69. The van der Waals surface area contributed by atoms with Gasteiger partial charge in [-0.15, -0.1) is 0 Å². The number of para-hydroxylation sites is 1. The second-order valence-electron chi connectivity index (χ2n) is 3.64. The highest BCUT2D eigenvalue weighted by Gasteiger charge is 2.08. The number of nitrogens with zero attached hydrogens (tertiary/aromatic N) is 1. The maximum absolute atomic E-state index is 11.2. The Morgan fingerprint density at radius 2 is 2.11 bits per heavy atom. The van der Waals surface area contributed by atoms with E-state index in [1.807, 2.05) is 0 Å². The van der Waals surface area contributed by atoms with E-state index in [0.29, 0.717) is 23.1 Å². The molecule has 0 spiro atoms. The summed E-state index contributed by atoms with van der Waals surface area (Å²) in [5.41, 5.74) is 6.49. The van der Waals surface area contributed by atoms with Gasteiger partial charge in [0.15, 0.2) is 0 Å². The Labute approximate surface area is 109 Å². The van der Waals surface area contributed by atoms with Gasteiger partial charge in [-0.25, -0.2) is 4.98 Å². The average molecular weight is 263 g/mol. The van der Waals surface area contributed by atoms with Crippen molar-refractivity contribution in [1.29, 1.82) is 0 Å². The fraction of sp³-hybridized carbons (Fsp3) is 0.0769. The van der Waals surface area contributed by atoms with Crippen LogP contribution in [-0.4, -0.2) is 10.9 Å². The number of primary amides is 1. The number of halogens is 1. The van der Waals surface area contributed by atoms with E-state index in [0.717, 1.165) is 5.56 Å². The van der Waals surface area contributed by atoms with E-state index in [2.05, 4.69) is 4.98 Å². The number of hydrogen-bond donors (Lipinski definition) is 1. The van der Waals surface area contributed by atoms with Gasteiger partial charge in [0.25, 0.3) is 5.91 Å². The molecule has 2 rings (SSSR count). The van der Waals surface area contributed by atoms with Crippen LogP contribution in [0.1, 0.15) is 15.9 Å². The third kappa shape index (κ3) is 2.99. The van der Waals surface area contributed by atoms with E-state index in [9.17, 15) is 4.79 Å². The van der Waals surface area contributed by atoms with Crippen molar-refractivity contribution >= 4 is 17.5 Å². The normalized spacial score (nSPS) is 10.1. The quantitative estimate of drug-likeness (QED) is 0.861. The minimum atomic E-state index is -0.515. The average Bonchev–Trinajstić information content (AvgIpc) is 2.37. The van der Waals surface area contributed by atoms with Crippen LogP contribution in [-0.2, 0) is 6.61 Å². The van der Waals surface area contributed by atoms with Crippen LogP contribution in [0.25, 0.3) is 0 Å². The molecule has 0 unspecified atom stereocenters. The van der Waals surface area contributed by atoms with Crippen LogP contribution in [0.3, 0.4) is 0 Å². The van der Waals surface area contributed by atoms with E-state index in [1.165, 1.54) is 0 Å². The van der Waals surface area contributed by atoms with Crippen molar-refractivity contribution in [2.45, 2.75) is 6.61 Å². The molecule has 0 bridgehead atoms. The van der Waals surface area contributed by atoms with E-state index < -0.39 is 5.91 Å². The molecule has 1 aromatic carbocycles. The highest BCUT2D eigenvalue weighted by atomic mass is 35.5. The van der Waals surface area contributed by atoms with E-state index in [4.69, 9.17) is 22.1 Å². The predicted octanol–water partition coefficient (Wildman–Crippen LogP) is 2.41. The molecule has 0 saturated carbocycles. The number of pyridine rings is 1. The molecule has 0 saturated heterocycles. The van der Waals surface area contributed by atoms with Crippen molar-refractivity contribution in [3.05, 3.63) is 58.9 Å². The number of carbonyl (C=O) groups excluding carboxylic acids is 1. The highest BCUT2D eigenvalue weighted by molar-refractivity contribution is 6.29. The molecule has 1 amide bonds. The first-order valence-corrected chi connectivity index (χ1v) is 5.66. The maximum Gasteiger partial charge on any atom is 0.252 e. The van der Waals surface area contributed by atoms with E-state index in [1.54, 1.807) is 42.6 Å². The number of ether oxygens (including phenoxy) is 1. The third-order valence-corrected chi connectivity index (χ3v) is 2.54. The third-order valence-electron chi connectivity index (χ3n) is 2.34. The molecule has 18 heavy (non-hydrogen) atoms. The van der Waals surface area contributed by atoms with Gasteiger partial charge in [0.05, 0.1) is 5.56 Å². The van der Waals surface area contributed by atoms with Gasteiger partial charge in [-0.05, 0) is 29.8 Å². The molecular weight excluding hydrogens is 252 g/mol. The number of hydrogen-bond acceptors (Lipinski definition) is 3. The first kappa shape index (κ1) is 12.4. The second-order valence-corrected chi connectivity index (χ2v) is 4.02. The summed E-state index contributed by atoms with van der Waals surface area (Å²) in [5.74, 6) is -0.0590. The molecule has 0 fully saturated rings. The Hall–Kier alpha value is -2.07. The summed E-state index contributed by atoms with van der Waals surface area (Å²) in [7, 11) is 0. The lowest BCUT2D eigenvalue weighted by molar-refractivity contribution is 0.0996. The van der Waals surface area contributed by atoms with E-state index >= 15 is 0 Å². The molecule has 0 radical (unpaired) electrons. The Kier molecular flexibility index (Phi) is 3.79. The van der Waals surface area contributed by atoms with Crippen LogP contribution >= 0.6 is 11.6 Å². The van der Waals surface area contributed by atoms with Crippen LogP contribution in [0, 0.1) is 0 Å². The zero-order valence-corrected chi connectivity index (χ0v) is 10.2. The monoisotopic (exact) mass is 262 g/mol. The largest absolute Gasteiger partial charge is 0.488 e. The van der Waals surface area contributed by atoms with E-state index in [-0.39, 0.29) is 0 Å². The van der Waals surface area contributed by atoms with Crippen molar-refractivity contribution in [1.82, 2.24) is 4.98 Å². The van der Waals surface area contributed by atoms with Crippen molar-refractivity contribution in [2.24, 2.45) is 5.73 Å². The zero-order chi connectivity index (χ0) is 13.0. The molecule has 0 aliphatic heterocycles. The first-order chi connectivity index (χ1) is 8.66. The number of rotatable bonds is 4. The Morgan fingerprint density at radius 3 is 2.83 bits per heavy atom. The minimum Gasteiger partial charge on any atom is -0.488 e. The van der Waals surface area contributed by atoms with Crippen molar-refractivity contribution in [3.63, 3.8) is 0 Å². The molecule has 1 heterocycles. The Bertz CT molecular complexity index is 572. The molecule has 1 aromatic heterocycles. The minimum absolute atomic E-state index is 0.298. The lowest BCUT2D eigenvalue weighted by Gasteiger charge is -2.09. The lowest BCUT2D eigenvalue weighted by Crippen LogP contribution is -2.12. The maximum atomic E-state index is 11.2. The molecule has 2 aromatic rings. The Balaban J connectivity index is 2.13. The summed E-state index contributed by atoms with van der Waals surface area (Å²) in [6.45, 7) is 0.298. The van der Waals surface area contributed by atoms with Gasteiger partial charge in [-0.1, -0.05) is 23.7 Å². The number of nitrogens with two attached hydrogens (primary N) is 1. The molecule has 5 heteroatoms. The number of carbonyl (C=O) groups is 1. The topological polar surface area (TPSA) is 65.2 Å². The van der Waals surface area contributed by atoms with Gasteiger partial charge < -0.3 is 10.5 Å². The molecular formula is C13H11ClN2O2. The molecule has 0 aliphatic carbocycles. The van der Waals surface area contributed by atoms with Crippen molar-refractivity contribution < 1.29 is 9.53 Å². The fourth-order valence-electron chi connectivity index (χ4n) is 1.49. The molecule has 4 nitrogen and oxygen atoms in total. The molecule has 2 N–H and O–H groups in total. The summed E-state index contributed by atoms with van der Waals surface area (Å²) in [6.07, 6.45) is 1.60. The number of benzene rings is 1. The summed E-state index contributed by atoms with van der Waals surface area (Å²) in [4.78, 5) is 15.1.